The Morgan fingerprint density at radius 1 is 1.29 bits per heavy atom. The van der Waals surface area contributed by atoms with E-state index in [1.165, 1.54) is 0 Å². The molecule has 0 heterocycles. The molecule has 0 aliphatic heterocycles. The van der Waals surface area contributed by atoms with Crippen molar-refractivity contribution in [3.05, 3.63) is 34.3 Å². The van der Waals surface area contributed by atoms with E-state index in [1.54, 1.807) is 31.2 Å². The van der Waals surface area contributed by atoms with Crippen molar-refractivity contribution in [1.29, 1.82) is 0 Å². The van der Waals surface area contributed by atoms with Crippen LogP contribution in [0.3, 0.4) is 0 Å². The van der Waals surface area contributed by atoms with Crippen LogP contribution >= 0.6 is 15.9 Å². The first-order valence-electron chi connectivity index (χ1n) is 5.06. The minimum atomic E-state index is -0.396. The van der Waals surface area contributed by atoms with Crippen molar-refractivity contribution in [3.63, 3.8) is 0 Å². The van der Waals surface area contributed by atoms with Gasteiger partial charge in [-0.3, -0.25) is 20.4 Å². The molecule has 0 spiro atoms. The van der Waals surface area contributed by atoms with Gasteiger partial charge in [-0.1, -0.05) is 12.1 Å². The van der Waals surface area contributed by atoms with E-state index in [2.05, 4.69) is 26.8 Å². The molecule has 1 rings (SSSR count). The summed E-state index contributed by atoms with van der Waals surface area (Å²) in [6, 6.07) is 6.93. The fraction of sp³-hybridized carbons (Fsp3) is 0.273. The molecule has 2 N–H and O–H groups in total. The van der Waals surface area contributed by atoms with E-state index in [0.29, 0.717) is 16.6 Å². The number of amides is 2. The Kier molecular flexibility index (Phi) is 5.65. The summed E-state index contributed by atoms with van der Waals surface area (Å²) < 4.78 is 5.55. The zero-order valence-electron chi connectivity index (χ0n) is 9.33. The Balaban J connectivity index is 2.45. The van der Waals surface area contributed by atoms with Gasteiger partial charge in [0.05, 0.1) is 5.56 Å². The predicted octanol–water partition coefficient (Wildman–Crippen LogP) is 1.25. The van der Waals surface area contributed by atoms with Gasteiger partial charge in [-0.15, -0.1) is 0 Å². The second kappa shape index (κ2) is 7.03. The standard InChI is InChI=1S/C11H13BrN2O3/c1-2-17-7-10(15)13-14-11(16)8-5-3-4-6-9(8)12/h3-6H,2,7H2,1H3,(H,13,15)(H,14,16). The molecule has 5 nitrogen and oxygen atoms in total. The lowest BCUT2D eigenvalue weighted by molar-refractivity contribution is -0.126. The van der Waals surface area contributed by atoms with Crippen molar-refractivity contribution in [3.8, 4) is 0 Å². The third-order valence-corrected chi connectivity index (χ3v) is 2.56. The summed E-state index contributed by atoms with van der Waals surface area (Å²) in [7, 11) is 0. The molecule has 2 amide bonds. The van der Waals surface area contributed by atoms with Crippen molar-refractivity contribution < 1.29 is 14.3 Å². The lowest BCUT2D eigenvalue weighted by atomic mass is 10.2. The number of hydrazine groups is 1. The van der Waals surface area contributed by atoms with Crippen LogP contribution in [-0.4, -0.2) is 25.0 Å². The SMILES string of the molecule is CCOCC(=O)NNC(=O)c1ccccc1Br. The van der Waals surface area contributed by atoms with Gasteiger partial charge in [0, 0.05) is 11.1 Å². The number of ether oxygens (including phenoxy) is 1. The van der Waals surface area contributed by atoms with Gasteiger partial charge in [0.15, 0.2) is 0 Å². The number of halogens is 1. The Morgan fingerprint density at radius 2 is 2.00 bits per heavy atom. The molecular formula is C11H13BrN2O3. The summed E-state index contributed by atoms with van der Waals surface area (Å²) >= 11 is 3.25. The van der Waals surface area contributed by atoms with Crippen LogP contribution in [0.2, 0.25) is 0 Å². The summed E-state index contributed by atoms with van der Waals surface area (Å²) in [6.07, 6.45) is 0. The number of nitrogens with one attached hydrogen (secondary N) is 2. The zero-order valence-corrected chi connectivity index (χ0v) is 10.9. The average Bonchev–Trinajstić information content (AvgIpc) is 2.34. The van der Waals surface area contributed by atoms with Crippen molar-refractivity contribution in [1.82, 2.24) is 10.9 Å². The number of rotatable bonds is 4. The van der Waals surface area contributed by atoms with E-state index in [1.807, 2.05) is 0 Å². The monoisotopic (exact) mass is 300 g/mol. The molecule has 0 saturated carbocycles. The first-order valence-corrected chi connectivity index (χ1v) is 5.86. The predicted molar refractivity (Wildman–Crippen MR) is 66.2 cm³/mol. The topological polar surface area (TPSA) is 67.4 Å². The lowest BCUT2D eigenvalue weighted by Crippen LogP contribution is -2.43. The van der Waals surface area contributed by atoms with Gasteiger partial charge in [0.25, 0.3) is 11.8 Å². The molecule has 0 aliphatic rings. The molecule has 0 atom stereocenters. The van der Waals surface area contributed by atoms with E-state index in [0.717, 1.165) is 0 Å². The number of hydrogen-bond acceptors (Lipinski definition) is 3. The molecule has 92 valence electrons. The fourth-order valence-electron chi connectivity index (χ4n) is 1.07. The van der Waals surface area contributed by atoms with Crippen molar-refractivity contribution >= 4 is 27.7 Å². The zero-order chi connectivity index (χ0) is 12.7. The highest BCUT2D eigenvalue weighted by Gasteiger charge is 2.09. The Bertz CT molecular complexity index is 409. The molecule has 0 bridgehead atoms. The Hall–Kier alpha value is -1.40. The highest BCUT2D eigenvalue weighted by molar-refractivity contribution is 9.10. The molecule has 0 unspecified atom stereocenters. The number of hydrogen-bond donors (Lipinski definition) is 2. The first kappa shape index (κ1) is 13.7. The van der Waals surface area contributed by atoms with Crippen LogP contribution in [-0.2, 0) is 9.53 Å². The molecular weight excluding hydrogens is 288 g/mol. The van der Waals surface area contributed by atoms with E-state index < -0.39 is 5.91 Å². The van der Waals surface area contributed by atoms with E-state index in [9.17, 15) is 9.59 Å². The van der Waals surface area contributed by atoms with Crippen LogP contribution in [0.15, 0.2) is 28.7 Å². The summed E-state index contributed by atoms with van der Waals surface area (Å²) in [4.78, 5) is 22.8. The molecule has 6 heteroatoms. The third-order valence-electron chi connectivity index (χ3n) is 1.87. The number of benzene rings is 1. The van der Waals surface area contributed by atoms with Gasteiger partial charge >= 0.3 is 0 Å². The van der Waals surface area contributed by atoms with Crippen LogP contribution in [0.1, 0.15) is 17.3 Å². The smallest absolute Gasteiger partial charge is 0.270 e. The molecule has 0 saturated heterocycles. The molecule has 1 aromatic carbocycles. The van der Waals surface area contributed by atoms with Crippen LogP contribution in [0.5, 0.6) is 0 Å². The number of carbonyl (C=O) groups excluding carboxylic acids is 2. The minimum absolute atomic E-state index is 0.0766. The van der Waals surface area contributed by atoms with E-state index in [4.69, 9.17) is 4.74 Å². The van der Waals surface area contributed by atoms with Gasteiger partial charge in [0.1, 0.15) is 6.61 Å². The maximum Gasteiger partial charge on any atom is 0.270 e. The van der Waals surface area contributed by atoms with Gasteiger partial charge in [-0.25, -0.2) is 0 Å². The Morgan fingerprint density at radius 3 is 2.65 bits per heavy atom. The maximum absolute atomic E-state index is 11.6. The highest BCUT2D eigenvalue weighted by atomic mass is 79.9. The molecule has 0 aliphatic carbocycles. The van der Waals surface area contributed by atoms with Crippen LogP contribution < -0.4 is 10.9 Å². The number of carbonyl (C=O) groups is 2. The summed E-state index contributed by atoms with van der Waals surface area (Å²) in [5.41, 5.74) is 5.01. The van der Waals surface area contributed by atoms with Crippen molar-refractivity contribution in [2.75, 3.05) is 13.2 Å². The minimum Gasteiger partial charge on any atom is -0.372 e. The Labute approximate surface area is 108 Å². The van der Waals surface area contributed by atoms with Crippen molar-refractivity contribution in [2.45, 2.75) is 6.92 Å². The van der Waals surface area contributed by atoms with Gasteiger partial charge in [-0.2, -0.15) is 0 Å². The molecule has 0 radical (unpaired) electrons. The summed E-state index contributed by atoms with van der Waals surface area (Å²) in [5, 5.41) is 0. The summed E-state index contributed by atoms with van der Waals surface area (Å²) in [6.45, 7) is 2.16. The van der Waals surface area contributed by atoms with Gasteiger partial charge < -0.3 is 4.74 Å². The van der Waals surface area contributed by atoms with Gasteiger partial charge in [-0.05, 0) is 35.0 Å². The second-order valence-electron chi connectivity index (χ2n) is 3.12. The molecule has 0 fully saturated rings. The largest absolute Gasteiger partial charge is 0.372 e. The second-order valence-corrected chi connectivity index (χ2v) is 3.97. The van der Waals surface area contributed by atoms with Gasteiger partial charge in [0.2, 0.25) is 0 Å². The van der Waals surface area contributed by atoms with E-state index >= 15 is 0 Å². The van der Waals surface area contributed by atoms with Crippen LogP contribution in [0.4, 0.5) is 0 Å². The average molecular weight is 301 g/mol. The van der Waals surface area contributed by atoms with Crippen LogP contribution in [0, 0.1) is 0 Å². The fourth-order valence-corrected chi connectivity index (χ4v) is 1.53. The summed E-state index contributed by atoms with van der Waals surface area (Å²) in [5.74, 6) is -0.783. The van der Waals surface area contributed by atoms with Crippen LogP contribution in [0.25, 0.3) is 0 Å². The quantitative estimate of drug-likeness (QED) is 0.822. The maximum atomic E-state index is 11.6. The normalized spacial score (nSPS) is 9.76. The lowest BCUT2D eigenvalue weighted by Gasteiger charge is -2.08. The molecule has 0 aromatic heterocycles. The first-order chi connectivity index (χ1) is 8.15. The molecule has 1 aromatic rings. The third kappa shape index (κ3) is 4.54. The highest BCUT2D eigenvalue weighted by Crippen LogP contribution is 2.14. The van der Waals surface area contributed by atoms with Crippen molar-refractivity contribution in [2.24, 2.45) is 0 Å². The molecule has 17 heavy (non-hydrogen) atoms. The van der Waals surface area contributed by atoms with E-state index in [-0.39, 0.29) is 12.5 Å².